The highest BCUT2D eigenvalue weighted by Gasteiger charge is 2.17. The molecule has 8 heteroatoms. The van der Waals surface area contributed by atoms with Crippen molar-refractivity contribution in [2.75, 3.05) is 20.1 Å². The van der Waals surface area contributed by atoms with Gasteiger partial charge >= 0.3 is 7.12 Å². The molecule has 1 rings (SSSR count). The number of hydrogen-bond donors (Lipinski definition) is 4. The molecule has 0 spiro atoms. The minimum atomic E-state index is -1.51. The number of nitrogens with zero attached hydrogens (tertiary/aromatic N) is 1. The number of carbonyl (C=O) groups is 2. The van der Waals surface area contributed by atoms with Gasteiger partial charge in [-0.15, -0.1) is 0 Å². The highest BCUT2D eigenvalue weighted by Crippen LogP contribution is 2.04. The third-order valence-corrected chi connectivity index (χ3v) is 3.95. The van der Waals surface area contributed by atoms with Gasteiger partial charge in [-0.2, -0.15) is 0 Å². The van der Waals surface area contributed by atoms with E-state index < -0.39 is 13.1 Å². The molecule has 1 aromatic rings. The molecular weight excluding hydrogens is 321 g/mol. The molecule has 0 bridgehead atoms. The fourth-order valence-corrected chi connectivity index (χ4v) is 2.33. The van der Waals surface area contributed by atoms with E-state index in [2.05, 4.69) is 5.32 Å². The summed E-state index contributed by atoms with van der Waals surface area (Å²) in [6.45, 7) is 0.502. The maximum Gasteiger partial charge on any atom is 0.469 e. The SMILES string of the molecule is CN(CC(=O)NCCCCC(N)B(O)O)C(=O)CCc1ccccc1. The molecule has 0 heterocycles. The van der Waals surface area contributed by atoms with E-state index in [1.54, 1.807) is 7.05 Å². The van der Waals surface area contributed by atoms with Crippen LogP contribution in [0.3, 0.4) is 0 Å². The molecule has 0 saturated carbocycles. The first-order valence-electron chi connectivity index (χ1n) is 8.56. The van der Waals surface area contributed by atoms with Crippen LogP contribution in [-0.2, 0) is 16.0 Å². The molecule has 7 nitrogen and oxygen atoms in total. The van der Waals surface area contributed by atoms with Crippen LogP contribution >= 0.6 is 0 Å². The van der Waals surface area contributed by atoms with Crippen molar-refractivity contribution in [1.82, 2.24) is 10.2 Å². The standard InChI is InChI=1S/C17H28BN3O4/c1-21(17(23)11-10-14-7-3-2-4-8-14)13-16(22)20-12-6-5-9-15(19)18(24)25/h2-4,7-8,15,24-25H,5-6,9-13,19H2,1H3,(H,20,22). The predicted octanol–water partition coefficient (Wildman–Crippen LogP) is -0.297. The van der Waals surface area contributed by atoms with E-state index in [4.69, 9.17) is 15.8 Å². The van der Waals surface area contributed by atoms with Gasteiger partial charge in [-0.1, -0.05) is 36.8 Å². The third-order valence-electron chi connectivity index (χ3n) is 3.95. The molecule has 1 unspecified atom stereocenters. The number of rotatable bonds is 11. The smallest absolute Gasteiger partial charge is 0.426 e. The van der Waals surface area contributed by atoms with Gasteiger partial charge in [0.2, 0.25) is 11.8 Å². The summed E-state index contributed by atoms with van der Waals surface area (Å²) < 4.78 is 0. The number of nitrogens with two attached hydrogens (primary N) is 1. The minimum Gasteiger partial charge on any atom is -0.426 e. The van der Waals surface area contributed by atoms with E-state index in [9.17, 15) is 9.59 Å². The van der Waals surface area contributed by atoms with E-state index in [-0.39, 0.29) is 18.4 Å². The van der Waals surface area contributed by atoms with Crippen LogP contribution in [-0.4, -0.2) is 60.0 Å². The maximum atomic E-state index is 12.1. The molecule has 0 fully saturated rings. The predicted molar refractivity (Wildman–Crippen MR) is 97.4 cm³/mol. The summed E-state index contributed by atoms with van der Waals surface area (Å²) in [6, 6.07) is 9.75. The van der Waals surface area contributed by atoms with Crippen LogP contribution in [0.1, 0.15) is 31.2 Å². The Balaban J connectivity index is 2.15. The van der Waals surface area contributed by atoms with Crippen LogP contribution in [0.4, 0.5) is 0 Å². The quantitative estimate of drug-likeness (QED) is 0.323. The monoisotopic (exact) mass is 349 g/mol. The molecule has 25 heavy (non-hydrogen) atoms. The Hall–Kier alpha value is -1.90. The molecule has 138 valence electrons. The van der Waals surface area contributed by atoms with Crippen LogP contribution in [0, 0.1) is 0 Å². The molecule has 0 aromatic heterocycles. The lowest BCUT2D eigenvalue weighted by atomic mass is 9.77. The van der Waals surface area contributed by atoms with Crippen LogP contribution in [0.2, 0.25) is 0 Å². The zero-order valence-corrected chi connectivity index (χ0v) is 14.7. The van der Waals surface area contributed by atoms with Crippen LogP contribution in [0.25, 0.3) is 0 Å². The average molecular weight is 349 g/mol. The molecule has 0 aliphatic rings. The number of benzene rings is 1. The highest BCUT2D eigenvalue weighted by atomic mass is 16.4. The van der Waals surface area contributed by atoms with Crippen LogP contribution < -0.4 is 11.1 Å². The van der Waals surface area contributed by atoms with Crippen LogP contribution in [0.15, 0.2) is 30.3 Å². The van der Waals surface area contributed by atoms with Gasteiger partial charge in [0.1, 0.15) is 0 Å². The molecule has 0 radical (unpaired) electrons. The normalized spacial score (nSPS) is 11.7. The summed E-state index contributed by atoms with van der Waals surface area (Å²) in [5, 5.41) is 20.5. The molecular formula is C17H28BN3O4. The summed E-state index contributed by atoms with van der Waals surface area (Å²) in [4.78, 5) is 25.3. The van der Waals surface area contributed by atoms with E-state index in [0.29, 0.717) is 38.6 Å². The number of carbonyl (C=O) groups excluding carboxylic acids is 2. The van der Waals surface area contributed by atoms with Crippen molar-refractivity contribution in [3.8, 4) is 0 Å². The number of nitrogens with one attached hydrogen (secondary N) is 1. The van der Waals surface area contributed by atoms with E-state index in [0.717, 1.165) is 5.56 Å². The van der Waals surface area contributed by atoms with Gasteiger partial charge < -0.3 is 26.0 Å². The second kappa shape index (κ2) is 11.6. The topological polar surface area (TPSA) is 116 Å². The Morgan fingerprint density at radius 1 is 1.24 bits per heavy atom. The van der Waals surface area contributed by atoms with Gasteiger partial charge in [-0.25, -0.2) is 0 Å². The van der Waals surface area contributed by atoms with E-state index in [1.807, 2.05) is 30.3 Å². The van der Waals surface area contributed by atoms with Crippen molar-refractivity contribution < 1.29 is 19.6 Å². The van der Waals surface area contributed by atoms with Crippen molar-refractivity contribution in [2.24, 2.45) is 5.73 Å². The zero-order chi connectivity index (χ0) is 18.7. The number of aryl methyl sites for hydroxylation is 1. The van der Waals surface area contributed by atoms with E-state index >= 15 is 0 Å². The first kappa shape index (κ1) is 21.1. The number of amides is 2. The Morgan fingerprint density at radius 3 is 2.56 bits per heavy atom. The Morgan fingerprint density at radius 2 is 1.92 bits per heavy atom. The van der Waals surface area contributed by atoms with Gasteiger partial charge in [0, 0.05) is 26.0 Å². The van der Waals surface area contributed by atoms with Gasteiger partial charge in [0.05, 0.1) is 6.54 Å². The number of hydrogen-bond acceptors (Lipinski definition) is 5. The number of likely N-dealkylation sites (N-methyl/N-ethyl adjacent to an activating group) is 1. The lowest BCUT2D eigenvalue weighted by Crippen LogP contribution is -2.39. The first-order valence-corrected chi connectivity index (χ1v) is 8.56. The molecule has 5 N–H and O–H groups in total. The van der Waals surface area contributed by atoms with Crippen LogP contribution in [0.5, 0.6) is 0 Å². The molecule has 1 atom stereocenters. The summed E-state index contributed by atoms with van der Waals surface area (Å²) in [7, 11) is 0.110. The van der Waals surface area contributed by atoms with Gasteiger partial charge in [0.15, 0.2) is 0 Å². The second-order valence-electron chi connectivity index (χ2n) is 6.16. The van der Waals surface area contributed by atoms with Crippen molar-refractivity contribution in [3.05, 3.63) is 35.9 Å². The summed E-state index contributed by atoms with van der Waals surface area (Å²) in [5.74, 6) is -0.937. The zero-order valence-electron chi connectivity index (χ0n) is 14.7. The minimum absolute atomic E-state index is 0.0302. The summed E-state index contributed by atoms with van der Waals surface area (Å²) in [6.07, 6.45) is 2.88. The van der Waals surface area contributed by atoms with Crippen molar-refractivity contribution in [3.63, 3.8) is 0 Å². The largest absolute Gasteiger partial charge is 0.469 e. The van der Waals surface area contributed by atoms with Gasteiger partial charge in [0.25, 0.3) is 0 Å². The Bertz CT molecular complexity index is 528. The molecule has 0 aliphatic heterocycles. The second-order valence-corrected chi connectivity index (χ2v) is 6.16. The number of unbranched alkanes of at least 4 members (excludes halogenated alkanes) is 1. The Kier molecular flexibility index (Phi) is 9.83. The summed E-state index contributed by atoms with van der Waals surface area (Å²) >= 11 is 0. The van der Waals surface area contributed by atoms with Gasteiger partial charge in [-0.3, -0.25) is 9.59 Å². The first-order chi connectivity index (χ1) is 11.9. The molecule has 0 aliphatic carbocycles. The average Bonchev–Trinajstić information content (AvgIpc) is 2.59. The van der Waals surface area contributed by atoms with Crippen molar-refractivity contribution >= 4 is 18.9 Å². The third kappa shape index (κ3) is 9.23. The Labute approximate surface area is 149 Å². The fraction of sp³-hybridized carbons (Fsp3) is 0.529. The highest BCUT2D eigenvalue weighted by molar-refractivity contribution is 6.43. The maximum absolute atomic E-state index is 12.1. The van der Waals surface area contributed by atoms with E-state index in [1.165, 1.54) is 4.90 Å². The van der Waals surface area contributed by atoms with Crippen molar-refractivity contribution in [1.29, 1.82) is 0 Å². The lowest BCUT2D eigenvalue weighted by molar-refractivity contribution is -0.134. The lowest BCUT2D eigenvalue weighted by Gasteiger charge is -2.17. The molecule has 2 amide bonds. The molecule has 0 saturated heterocycles. The fourth-order valence-electron chi connectivity index (χ4n) is 2.33. The summed E-state index contributed by atoms with van der Waals surface area (Å²) in [5.41, 5.74) is 6.59. The molecule has 1 aromatic carbocycles. The van der Waals surface area contributed by atoms with Crippen molar-refractivity contribution in [2.45, 2.75) is 38.0 Å². The van der Waals surface area contributed by atoms with Gasteiger partial charge in [-0.05, 0) is 24.8 Å².